The zero-order valence-electron chi connectivity index (χ0n) is 14.8. The van der Waals surface area contributed by atoms with Crippen LogP contribution < -0.4 is 21.4 Å². The predicted octanol–water partition coefficient (Wildman–Crippen LogP) is 1.26. The molecular formula is C16H22N4O5S. The van der Waals surface area contributed by atoms with Crippen molar-refractivity contribution in [2.75, 3.05) is 12.9 Å². The SMILES string of the molecule is CCC[C@H](NC(=O)[C@]1(N)CSC(/C(C)=N/O)=N1)c1cc(OC)cc(=O)o1. The number of nitrogens with two attached hydrogens (primary N) is 1. The molecule has 1 amide bonds. The minimum absolute atomic E-state index is 0.210. The molecule has 1 aliphatic heterocycles. The summed E-state index contributed by atoms with van der Waals surface area (Å²) < 4.78 is 10.3. The van der Waals surface area contributed by atoms with E-state index < -0.39 is 23.2 Å². The van der Waals surface area contributed by atoms with Gasteiger partial charge in [0.2, 0.25) is 0 Å². The summed E-state index contributed by atoms with van der Waals surface area (Å²) in [7, 11) is 1.44. The molecule has 26 heavy (non-hydrogen) atoms. The highest BCUT2D eigenvalue weighted by Gasteiger charge is 2.40. The molecule has 4 N–H and O–H groups in total. The molecule has 0 bridgehead atoms. The first-order valence-corrected chi connectivity index (χ1v) is 9.02. The number of hydrogen-bond acceptors (Lipinski definition) is 9. The highest BCUT2D eigenvalue weighted by molar-refractivity contribution is 8.16. The summed E-state index contributed by atoms with van der Waals surface area (Å²) in [6.45, 7) is 3.51. The fourth-order valence-electron chi connectivity index (χ4n) is 2.39. The zero-order valence-corrected chi connectivity index (χ0v) is 15.6. The fourth-order valence-corrected chi connectivity index (χ4v) is 3.42. The van der Waals surface area contributed by atoms with Crippen molar-refractivity contribution in [1.29, 1.82) is 0 Å². The Morgan fingerprint density at radius 3 is 2.96 bits per heavy atom. The second-order valence-corrected chi connectivity index (χ2v) is 6.81. The van der Waals surface area contributed by atoms with E-state index in [9.17, 15) is 9.59 Å². The van der Waals surface area contributed by atoms with Crippen LogP contribution in [0.3, 0.4) is 0 Å². The summed E-state index contributed by atoms with van der Waals surface area (Å²) in [5, 5.41) is 15.1. The van der Waals surface area contributed by atoms with Crippen LogP contribution in [0, 0.1) is 0 Å². The van der Waals surface area contributed by atoms with Crippen LogP contribution in [-0.2, 0) is 4.79 Å². The molecule has 0 radical (unpaired) electrons. The van der Waals surface area contributed by atoms with E-state index in [4.69, 9.17) is 20.1 Å². The van der Waals surface area contributed by atoms with Crippen LogP contribution >= 0.6 is 11.8 Å². The molecule has 0 saturated carbocycles. The van der Waals surface area contributed by atoms with Crippen molar-refractivity contribution < 1.29 is 19.2 Å². The number of nitrogens with zero attached hydrogens (tertiary/aromatic N) is 2. The van der Waals surface area contributed by atoms with Gasteiger partial charge in [-0.15, -0.1) is 11.8 Å². The van der Waals surface area contributed by atoms with E-state index in [1.54, 1.807) is 13.0 Å². The number of carbonyl (C=O) groups is 1. The summed E-state index contributed by atoms with van der Waals surface area (Å²) in [5.74, 6) is 0.341. The third-order valence-electron chi connectivity index (χ3n) is 3.81. The van der Waals surface area contributed by atoms with Gasteiger partial charge in [0.15, 0.2) is 5.66 Å². The Labute approximate surface area is 154 Å². The molecular weight excluding hydrogens is 360 g/mol. The molecule has 142 valence electrons. The quantitative estimate of drug-likeness (QED) is 0.366. The maximum absolute atomic E-state index is 12.7. The fraction of sp³-hybridized carbons (Fsp3) is 0.500. The number of rotatable bonds is 7. The highest BCUT2D eigenvalue weighted by Crippen LogP contribution is 2.27. The number of ether oxygens (including phenoxy) is 1. The summed E-state index contributed by atoms with van der Waals surface area (Å²) >= 11 is 1.24. The number of hydrogen-bond donors (Lipinski definition) is 3. The third-order valence-corrected chi connectivity index (χ3v) is 5.05. The van der Waals surface area contributed by atoms with Crippen molar-refractivity contribution in [1.82, 2.24) is 5.32 Å². The number of aliphatic imine (C=N–C) groups is 1. The second-order valence-electron chi connectivity index (χ2n) is 5.85. The Balaban J connectivity index is 2.25. The Kier molecular flexibility index (Phi) is 6.43. The first-order chi connectivity index (χ1) is 12.3. The van der Waals surface area contributed by atoms with Crippen LogP contribution in [-0.4, -0.2) is 40.4 Å². The summed E-state index contributed by atoms with van der Waals surface area (Å²) in [5.41, 5.74) is 4.36. The second kappa shape index (κ2) is 8.37. The topological polar surface area (TPSA) is 140 Å². The molecule has 1 aromatic heterocycles. The number of thioether (sulfide) groups is 1. The minimum Gasteiger partial charge on any atom is -0.496 e. The highest BCUT2D eigenvalue weighted by atomic mass is 32.2. The molecule has 0 spiro atoms. The molecule has 2 rings (SSSR count). The molecule has 0 unspecified atom stereocenters. The first-order valence-electron chi connectivity index (χ1n) is 8.03. The van der Waals surface area contributed by atoms with E-state index in [1.807, 2.05) is 6.92 Å². The monoisotopic (exact) mass is 382 g/mol. The van der Waals surface area contributed by atoms with E-state index in [1.165, 1.54) is 24.9 Å². The van der Waals surface area contributed by atoms with Crippen LogP contribution in [0.15, 0.2) is 31.5 Å². The smallest absolute Gasteiger partial charge is 0.339 e. The van der Waals surface area contributed by atoms with Gasteiger partial charge in [-0.3, -0.25) is 10.5 Å². The number of oxime groups is 1. The maximum atomic E-state index is 12.7. The van der Waals surface area contributed by atoms with Crippen LogP contribution in [0.5, 0.6) is 5.75 Å². The van der Waals surface area contributed by atoms with Gasteiger partial charge in [0.1, 0.15) is 22.3 Å². The molecule has 0 aliphatic carbocycles. The molecule has 2 heterocycles. The van der Waals surface area contributed by atoms with Crippen molar-refractivity contribution in [3.63, 3.8) is 0 Å². The zero-order chi connectivity index (χ0) is 19.3. The lowest BCUT2D eigenvalue weighted by molar-refractivity contribution is -0.126. The lowest BCUT2D eigenvalue weighted by Gasteiger charge is -2.23. The van der Waals surface area contributed by atoms with Crippen LogP contribution in [0.4, 0.5) is 0 Å². The lowest BCUT2D eigenvalue weighted by Crippen LogP contribution is -2.54. The lowest BCUT2D eigenvalue weighted by atomic mass is 10.1. The van der Waals surface area contributed by atoms with Crippen molar-refractivity contribution in [3.05, 3.63) is 28.3 Å². The molecule has 0 saturated heterocycles. The van der Waals surface area contributed by atoms with Gasteiger partial charge in [-0.2, -0.15) is 0 Å². The molecule has 0 aromatic carbocycles. The average molecular weight is 382 g/mol. The van der Waals surface area contributed by atoms with Gasteiger partial charge in [-0.25, -0.2) is 9.79 Å². The van der Waals surface area contributed by atoms with E-state index in [0.29, 0.717) is 22.9 Å². The first kappa shape index (κ1) is 20.0. The van der Waals surface area contributed by atoms with Crippen molar-refractivity contribution in [2.45, 2.75) is 38.4 Å². The molecule has 1 aromatic rings. The van der Waals surface area contributed by atoms with Crippen molar-refractivity contribution in [3.8, 4) is 5.75 Å². The third kappa shape index (κ3) is 4.44. The predicted molar refractivity (Wildman–Crippen MR) is 99.0 cm³/mol. The van der Waals surface area contributed by atoms with E-state index >= 15 is 0 Å². The maximum Gasteiger partial charge on any atom is 0.339 e. The van der Waals surface area contributed by atoms with Crippen LogP contribution in [0.25, 0.3) is 0 Å². The number of methoxy groups -OCH3 is 1. The Morgan fingerprint density at radius 1 is 1.62 bits per heavy atom. The average Bonchev–Trinajstić information content (AvgIpc) is 3.03. The summed E-state index contributed by atoms with van der Waals surface area (Å²) in [6, 6.07) is 2.23. The Hall–Kier alpha value is -2.33. The molecule has 2 atom stereocenters. The molecule has 10 heteroatoms. The number of carbonyl (C=O) groups excluding carboxylic acids is 1. The van der Waals surface area contributed by atoms with Gasteiger partial charge in [-0.05, 0) is 13.3 Å². The van der Waals surface area contributed by atoms with Gasteiger partial charge in [0, 0.05) is 11.8 Å². The van der Waals surface area contributed by atoms with Crippen LogP contribution in [0.1, 0.15) is 38.5 Å². The standard InChI is InChI=1S/C16H22N4O5S/c1-4-5-11(12-6-10(24-3)7-13(21)25-12)18-15(22)16(17)8-26-14(19-16)9(2)20-23/h6-7,11,23H,4-5,8,17H2,1-3H3,(H,18,22)/b20-9+/t11-,16-/m0/s1. The van der Waals surface area contributed by atoms with Gasteiger partial charge < -0.3 is 19.7 Å². The van der Waals surface area contributed by atoms with Gasteiger partial charge >= 0.3 is 5.63 Å². The van der Waals surface area contributed by atoms with Gasteiger partial charge in [-0.1, -0.05) is 18.5 Å². The summed E-state index contributed by atoms with van der Waals surface area (Å²) in [6.07, 6.45) is 1.28. The molecule has 1 aliphatic rings. The van der Waals surface area contributed by atoms with E-state index in [0.717, 1.165) is 6.42 Å². The van der Waals surface area contributed by atoms with Crippen molar-refractivity contribution in [2.24, 2.45) is 15.9 Å². The Morgan fingerprint density at radius 2 is 2.35 bits per heavy atom. The van der Waals surface area contributed by atoms with Crippen molar-refractivity contribution >= 4 is 28.4 Å². The Bertz CT molecular complexity index is 791. The molecule has 0 fully saturated rings. The van der Waals surface area contributed by atoms with E-state index in [2.05, 4.69) is 15.5 Å². The normalized spacial score (nSPS) is 21.2. The van der Waals surface area contributed by atoms with Gasteiger partial charge in [0.05, 0.1) is 19.2 Å². The number of nitrogens with one attached hydrogen (secondary N) is 1. The van der Waals surface area contributed by atoms with Crippen LogP contribution in [0.2, 0.25) is 0 Å². The number of amides is 1. The largest absolute Gasteiger partial charge is 0.496 e. The van der Waals surface area contributed by atoms with E-state index in [-0.39, 0.29) is 11.5 Å². The summed E-state index contributed by atoms with van der Waals surface area (Å²) in [4.78, 5) is 28.6. The van der Waals surface area contributed by atoms with Gasteiger partial charge in [0.25, 0.3) is 5.91 Å². The molecule has 9 nitrogen and oxygen atoms in total. The minimum atomic E-state index is -1.49.